The summed E-state index contributed by atoms with van der Waals surface area (Å²) >= 11 is 6.46. The van der Waals surface area contributed by atoms with Gasteiger partial charge in [-0.25, -0.2) is 4.79 Å². The molecule has 0 unspecified atom stereocenters. The van der Waals surface area contributed by atoms with Gasteiger partial charge in [0, 0.05) is 17.1 Å². The maximum atomic E-state index is 12.3. The quantitative estimate of drug-likeness (QED) is 0.301. The first kappa shape index (κ1) is 29.1. The molecular formula is C31H36ClNO5. The lowest BCUT2D eigenvalue weighted by molar-refractivity contribution is -0.153. The van der Waals surface area contributed by atoms with Gasteiger partial charge in [-0.15, -0.1) is 0 Å². The number of nitrogens with one attached hydrogen (secondary N) is 1. The summed E-state index contributed by atoms with van der Waals surface area (Å²) in [5, 5.41) is 3.37. The number of esters is 1. The molecular weight excluding hydrogens is 502 g/mol. The van der Waals surface area contributed by atoms with Gasteiger partial charge >= 0.3 is 12.1 Å². The number of hydrogen-bond acceptors (Lipinski definition) is 5. The van der Waals surface area contributed by atoms with Crippen LogP contribution < -0.4 is 10.1 Å². The van der Waals surface area contributed by atoms with Crippen LogP contribution in [0.15, 0.2) is 66.7 Å². The molecule has 3 aromatic carbocycles. The summed E-state index contributed by atoms with van der Waals surface area (Å²) in [6.07, 6.45) is -0.338. The molecule has 0 heterocycles. The Kier molecular flexibility index (Phi) is 9.45. The summed E-state index contributed by atoms with van der Waals surface area (Å²) in [7, 11) is 0. The predicted molar refractivity (Wildman–Crippen MR) is 150 cm³/mol. The van der Waals surface area contributed by atoms with E-state index in [1.807, 2.05) is 108 Å². The molecule has 0 atom stereocenters. The van der Waals surface area contributed by atoms with Crippen LogP contribution in [0.2, 0.25) is 5.02 Å². The minimum absolute atomic E-state index is 0.123. The van der Waals surface area contributed by atoms with Crippen LogP contribution >= 0.6 is 11.6 Å². The molecule has 38 heavy (non-hydrogen) atoms. The van der Waals surface area contributed by atoms with E-state index < -0.39 is 17.3 Å². The van der Waals surface area contributed by atoms with Gasteiger partial charge < -0.3 is 19.5 Å². The Morgan fingerprint density at radius 2 is 1.47 bits per heavy atom. The van der Waals surface area contributed by atoms with Gasteiger partial charge in [-0.2, -0.15) is 0 Å². The highest BCUT2D eigenvalue weighted by atomic mass is 35.5. The van der Waals surface area contributed by atoms with E-state index >= 15 is 0 Å². The first-order chi connectivity index (χ1) is 17.8. The third kappa shape index (κ3) is 9.75. The second kappa shape index (κ2) is 12.4. The van der Waals surface area contributed by atoms with Crippen molar-refractivity contribution in [3.63, 3.8) is 0 Å². The topological polar surface area (TPSA) is 73.9 Å². The van der Waals surface area contributed by atoms with Gasteiger partial charge in [-0.1, -0.05) is 48.0 Å². The monoisotopic (exact) mass is 537 g/mol. The molecule has 0 aliphatic rings. The number of ether oxygens (including phenoxy) is 3. The Hall–Kier alpha value is -3.51. The fourth-order valence-corrected chi connectivity index (χ4v) is 3.99. The summed E-state index contributed by atoms with van der Waals surface area (Å²) in [6, 6.07) is 21.1. The average molecular weight is 538 g/mol. The van der Waals surface area contributed by atoms with Gasteiger partial charge in [-0.3, -0.25) is 4.79 Å². The van der Waals surface area contributed by atoms with Crippen molar-refractivity contribution >= 4 is 23.7 Å². The van der Waals surface area contributed by atoms with Crippen LogP contribution in [-0.4, -0.2) is 23.3 Å². The second-order valence-corrected chi connectivity index (χ2v) is 11.5. The minimum Gasteiger partial charge on any atom is -0.489 e. The number of halogens is 1. The molecule has 0 spiro atoms. The SMILES string of the molecule is CC(C)(C)OC(=O)Cc1ccccc1OCc1cc(Cl)cc(-c2cccc(CNC(=O)OC(C)(C)C)c2)c1. The van der Waals surface area contributed by atoms with Crippen LogP contribution in [0.1, 0.15) is 58.2 Å². The molecule has 0 saturated carbocycles. The molecule has 202 valence electrons. The van der Waals surface area contributed by atoms with Gasteiger partial charge in [-0.05, 0) is 94.1 Å². The molecule has 6 nitrogen and oxygen atoms in total. The summed E-state index contributed by atoms with van der Waals surface area (Å²) in [5.41, 5.74) is 3.36. The summed E-state index contributed by atoms with van der Waals surface area (Å²) in [6.45, 7) is 11.6. The van der Waals surface area contributed by atoms with E-state index in [1.165, 1.54) is 0 Å². The lowest BCUT2D eigenvalue weighted by atomic mass is 10.0. The van der Waals surface area contributed by atoms with E-state index in [1.54, 1.807) is 0 Å². The molecule has 3 aromatic rings. The first-order valence-electron chi connectivity index (χ1n) is 12.6. The molecule has 1 amide bonds. The van der Waals surface area contributed by atoms with Gasteiger partial charge in [0.2, 0.25) is 0 Å². The largest absolute Gasteiger partial charge is 0.489 e. The van der Waals surface area contributed by atoms with Crippen LogP contribution in [-0.2, 0) is 33.8 Å². The maximum absolute atomic E-state index is 12.3. The Morgan fingerprint density at radius 1 is 0.789 bits per heavy atom. The Bertz CT molecular complexity index is 1270. The zero-order valence-corrected chi connectivity index (χ0v) is 23.6. The first-order valence-corrected chi connectivity index (χ1v) is 12.9. The number of alkyl carbamates (subject to hydrolysis) is 1. The van der Waals surface area contributed by atoms with E-state index in [4.69, 9.17) is 25.8 Å². The van der Waals surface area contributed by atoms with Crippen molar-refractivity contribution in [3.05, 3.63) is 88.4 Å². The lowest BCUT2D eigenvalue weighted by Gasteiger charge is -2.20. The molecule has 0 radical (unpaired) electrons. The fraction of sp³-hybridized carbons (Fsp3) is 0.355. The van der Waals surface area contributed by atoms with E-state index in [9.17, 15) is 9.59 Å². The van der Waals surface area contributed by atoms with Crippen LogP contribution in [0.25, 0.3) is 11.1 Å². The second-order valence-electron chi connectivity index (χ2n) is 11.1. The molecule has 7 heteroatoms. The molecule has 3 rings (SSSR count). The van der Waals surface area contributed by atoms with Gasteiger partial charge in [0.05, 0.1) is 6.42 Å². The van der Waals surface area contributed by atoms with Crippen LogP contribution in [0.3, 0.4) is 0 Å². The maximum Gasteiger partial charge on any atom is 0.407 e. The van der Waals surface area contributed by atoms with E-state index in [-0.39, 0.29) is 19.0 Å². The van der Waals surface area contributed by atoms with E-state index in [2.05, 4.69) is 5.32 Å². The van der Waals surface area contributed by atoms with E-state index in [0.717, 1.165) is 27.8 Å². The minimum atomic E-state index is -0.554. The molecule has 0 fully saturated rings. The molecule has 0 aliphatic carbocycles. The summed E-state index contributed by atoms with van der Waals surface area (Å²) in [4.78, 5) is 24.4. The Morgan fingerprint density at radius 3 is 2.18 bits per heavy atom. The zero-order chi connectivity index (χ0) is 27.9. The Balaban J connectivity index is 1.70. The fourth-order valence-electron chi connectivity index (χ4n) is 3.73. The van der Waals surface area contributed by atoms with Crippen molar-refractivity contribution < 1.29 is 23.8 Å². The summed E-state index contributed by atoms with van der Waals surface area (Å²) < 4.78 is 16.9. The normalized spacial score (nSPS) is 11.6. The lowest BCUT2D eigenvalue weighted by Crippen LogP contribution is -2.32. The van der Waals surface area contributed by atoms with Crippen molar-refractivity contribution in [2.75, 3.05) is 0 Å². The highest BCUT2D eigenvalue weighted by molar-refractivity contribution is 6.31. The van der Waals surface area contributed by atoms with Crippen molar-refractivity contribution in [1.29, 1.82) is 0 Å². The number of rotatable bonds is 8. The summed E-state index contributed by atoms with van der Waals surface area (Å²) in [5.74, 6) is 0.315. The zero-order valence-electron chi connectivity index (χ0n) is 22.9. The standard InChI is InChI=1S/C31H36ClNO5/c1-30(2,3)37-28(34)18-24-11-7-8-13-27(24)36-20-22-15-25(17-26(32)16-22)23-12-9-10-21(14-23)19-33-29(35)38-31(4,5)6/h7-17H,18-20H2,1-6H3,(H,33,35). The van der Waals surface area contributed by atoms with Crippen LogP contribution in [0, 0.1) is 0 Å². The number of benzene rings is 3. The van der Waals surface area contributed by atoms with Crippen LogP contribution in [0.4, 0.5) is 4.79 Å². The molecule has 0 aromatic heterocycles. The van der Waals surface area contributed by atoms with E-state index in [0.29, 0.717) is 17.3 Å². The number of carbonyl (C=O) groups is 2. The highest BCUT2D eigenvalue weighted by Gasteiger charge is 2.18. The number of carbonyl (C=O) groups excluding carboxylic acids is 2. The van der Waals surface area contributed by atoms with Gasteiger partial charge in [0.15, 0.2) is 0 Å². The third-order valence-corrected chi connectivity index (χ3v) is 5.39. The van der Waals surface area contributed by atoms with Crippen molar-refractivity contribution in [3.8, 4) is 16.9 Å². The molecule has 1 N–H and O–H groups in total. The van der Waals surface area contributed by atoms with Crippen molar-refractivity contribution in [2.45, 2.75) is 72.3 Å². The predicted octanol–water partition coefficient (Wildman–Crippen LogP) is 7.49. The number of amides is 1. The molecule has 0 bridgehead atoms. The van der Waals surface area contributed by atoms with Crippen molar-refractivity contribution in [2.24, 2.45) is 0 Å². The highest BCUT2D eigenvalue weighted by Crippen LogP contribution is 2.28. The van der Waals surface area contributed by atoms with Gasteiger partial charge in [0.1, 0.15) is 23.6 Å². The smallest absolute Gasteiger partial charge is 0.407 e. The Labute approximate surface area is 230 Å². The molecule has 0 saturated heterocycles. The van der Waals surface area contributed by atoms with Crippen LogP contribution in [0.5, 0.6) is 5.75 Å². The molecule has 0 aliphatic heterocycles. The van der Waals surface area contributed by atoms with Crippen molar-refractivity contribution in [1.82, 2.24) is 5.32 Å². The number of hydrogen-bond donors (Lipinski definition) is 1. The third-order valence-electron chi connectivity index (χ3n) is 5.18. The van der Waals surface area contributed by atoms with Gasteiger partial charge in [0.25, 0.3) is 0 Å². The number of para-hydroxylation sites is 1. The average Bonchev–Trinajstić information content (AvgIpc) is 2.80.